The number of fused-ring (bicyclic) bond motifs is 1. The third-order valence-corrected chi connectivity index (χ3v) is 4.39. The summed E-state index contributed by atoms with van der Waals surface area (Å²) in [5.41, 5.74) is 3.49. The van der Waals surface area contributed by atoms with Crippen LogP contribution in [0.15, 0.2) is 79.1 Å². The van der Waals surface area contributed by atoms with E-state index in [9.17, 15) is 4.79 Å². The predicted octanol–water partition coefficient (Wildman–Crippen LogP) is 5.20. The van der Waals surface area contributed by atoms with E-state index in [0.717, 1.165) is 22.2 Å². The highest BCUT2D eigenvalue weighted by atomic mass is 35.5. The molecule has 0 fully saturated rings. The van der Waals surface area contributed by atoms with Gasteiger partial charge in [-0.2, -0.15) is 0 Å². The molecule has 0 saturated carbocycles. The number of carbonyl (C=O) groups is 1. The third-order valence-electron chi connectivity index (χ3n) is 4.06. The smallest absolute Gasteiger partial charge is 0.256 e. The number of amides is 1. The minimum atomic E-state index is -0.230. The molecule has 0 aliphatic carbocycles. The summed E-state index contributed by atoms with van der Waals surface area (Å²) in [6.07, 6.45) is 3.41. The molecule has 0 bridgehead atoms. The van der Waals surface area contributed by atoms with Crippen LogP contribution in [0.4, 0.5) is 5.69 Å². The van der Waals surface area contributed by atoms with Gasteiger partial charge in [0.1, 0.15) is 0 Å². The van der Waals surface area contributed by atoms with Gasteiger partial charge in [0.25, 0.3) is 5.91 Å². The third kappa shape index (κ3) is 3.15. The molecule has 4 nitrogen and oxygen atoms in total. The van der Waals surface area contributed by atoms with E-state index in [0.29, 0.717) is 16.3 Å². The number of carbonyl (C=O) groups excluding carboxylic acids is 1. The molecule has 0 saturated heterocycles. The van der Waals surface area contributed by atoms with Crippen LogP contribution in [-0.2, 0) is 0 Å². The Morgan fingerprint density at radius 3 is 2.46 bits per heavy atom. The number of hydrogen-bond donors (Lipinski definition) is 1. The maximum absolute atomic E-state index is 13.0. The molecule has 26 heavy (non-hydrogen) atoms. The Bertz CT molecular complexity index is 1100. The van der Waals surface area contributed by atoms with Gasteiger partial charge in [-0.05, 0) is 36.4 Å². The number of aromatic nitrogens is 2. The Morgan fingerprint density at radius 1 is 0.923 bits per heavy atom. The van der Waals surface area contributed by atoms with Gasteiger partial charge in [-0.3, -0.25) is 9.78 Å². The number of rotatable bonds is 3. The first kappa shape index (κ1) is 16.2. The molecule has 2 aromatic carbocycles. The van der Waals surface area contributed by atoms with Crippen molar-refractivity contribution in [1.82, 2.24) is 9.97 Å². The minimum absolute atomic E-state index is 0.230. The van der Waals surface area contributed by atoms with Crippen molar-refractivity contribution in [3.63, 3.8) is 0 Å². The fourth-order valence-electron chi connectivity index (χ4n) is 2.79. The Labute approximate surface area is 155 Å². The zero-order chi connectivity index (χ0) is 17.9. The lowest BCUT2D eigenvalue weighted by molar-refractivity contribution is 0.102. The normalized spacial score (nSPS) is 10.7. The lowest BCUT2D eigenvalue weighted by Gasteiger charge is -2.11. The monoisotopic (exact) mass is 359 g/mol. The predicted molar refractivity (Wildman–Crippen MR) is 104 cm³/mol. The van der Waals surface area contributed by atoms with E-state index in [2.05, 4.69) is 15.3 Å². The summed E-state index contributed by atoms with van der Waals surface area (Å²) in [7, 11) is 0. The second-order valence-corrected chi connectivity index (χ2v) is 6.15. The molecule has 4 rings (SSSR count). The standard InChI is InChI=1S/C21H14ClN3O/c22-17-6-2-4-8-19(17)25-21(26)16-13-20(14-9-11-23-12-10-14)24-18-7-3-1-5-15(16)18/h1-13H,(H,25,26). The number of benzene rings is 2. The van der Waals surface area contributed by atoms with Crippen LogP contribution in [0, 0.1) is 0 Å². The van der Waals surface area contributed by atoms with Crippen LogP contribution in [0.2, 0.25) is 5.02 Å². The van der Waals surface area contributed by atoms with E-state index >= 15 is 0 Å². The highest BCUT2D eigenvalue weighted by Gasteiger charge is 2.15. The summed E-state index contributed by atoms with van der Waals surface area (Å²) >= 11 is 6.17. The topological polar surface area (TPSA) is 54.9 Å². The van der Waals surface area contributed by atoms with Crippen LogP contribution >= 0.6 is 11.6 Å². The van der Waals surface area contributed by atoms with Crippen LogP contribution in [0.25, 0.3) is 22.2 Å². The quantitative estimate of drug-likeness (QED) is 0.546. The number of para-hydroxylation sites is 2. The molecule has 2 heterocycles. The first-order chi connectivity index (χ1) is 12.7. The molecular weight excluding hydrogens is 346 g/mol. The number of hydrogen-bond acceptors (Lipinski definition) is 3. The van der Waals surface area contributed by atoms with Crippen molar-refractivity contribution in [3.8, 4) is 11.3 Å². The summed E-state index contributed by atoms with van der Waals surface area (Å²) in [5, 5.41) is 4.17. The number of nitrogens with one attached hydrogen (secondary N) is 1. The van der Waals surface area contributed by atoms with E-state index in [1.54, 1.807) is 30.6 Å². The van der Waals surface area contributed by atoms with Crippen molar-refractivity contribution in [2.75, 3.05) is 5.32 Å². The number of nitrogens with zero attached hydrogens (tertiary/aromatic N) is 2. The van der Waals surface area contributed by atoms with E-state index in [-0.39, 0.29) is 5.91 Å². The van der Waals surface area contributed by atoms with E-state index in [4.69, 9.17) is 11.6 Å². The SMILES string of the molecule is O=C(Nc1ccccc1Cl)c1cc(-c2ccncc2)nc2ccccc12. The lowest BCUT2D eigenvalue weighted by atomic mass is 10.0. The largest absolute Gasteiger partial charge is 0.321 e. The molecule has 0 aliphatic heterocycles. The molecule has 0 aliphatic rings. The molecule has 0 radical (unpaired) electrons. The number of anilines is 1. The van der Waals surface area contributed by atoms with Gasteiger partial charge in [-0.1, -0.05) is 41.9 Å². The van der Waals surface area contributed by atoms with Crippen molar-refractivity contribution in [2.45, 2.75) is 0 Å². The molecule has 0 unspecified atom stereocenters. The zero-order valence-corrected chi connectivity index (χ0v) is 14.4. The maximum Gasteiger partial charge on any atom is 0.256 e. The molecule has 1 amide bonds. The molecule has 1 N–H and O–H groups in total. The number of halogens is 1. The van der Waals surface area contributed by atoms with Crippen LogP contribution in [0.1, 0.15) is 10.4 Å². The highest BCUT2D eigenvalue weighted by molar-refractivity contribution is 6.34. The van der Waals surface area contributed by atoms with Crippen molar-refractivity contribution >= 4 is 34.1 Å². The summed E-state index contributed by atoms with van der Waals surface area (Å²) < 4.78 is 0. The fourth-order valence-corrected chi connectivity index (χ4v) is 2.97. The molecular formula is C21H14ClN3O. The summed E-state index contributed by atoms with van der Waals surface area (Å²) in [6.45, 7) is 0. The molecule has 0 spiro atoms. The maximum atomic E-state index is 13.0. The minimum Gasteiger partial charge on any atom is -0.321 e. The van der Waals surface area contributed by atoms with E-state index in [1.807, 2.05) is 48.5 Å². The van der Waals surface area contributed by atoms with Gasteiger partial charge in [0.05, 0.1) is 27.5 Å². The zero-order valence-electron chi connectivity index (χ0n) is 13.7. The second-order valence-electron chi connectivity index (χ2n) is 5.74. The Morgan fingerprint density at radius 2 is 1.65 bits per heavy atom. The van der Waals surface area contributed by atoms with Gasteiger partial charge in [-0.25, -0.2) is 4.98 Å². The average Bonchev–Trinajstić information content (AvgIpc) is 2.69. The van der Waals surface area contributed by atoms with Crippen LogP contribution in [0.5, 0.6) is 0 Å². The van der Waals surface area contributed by atoms with Crippen molar-refractivity contribution in [1.29, 1.82) is 0 Å². The first-order valence-electron chi connectivity index (χ1n) is 8.08. The van der Waals surface area contributed by atoms with E-state index in [1.165, 1.54) is 0 Å². The molecule has 4 aromatic rings. The van der Waals surface area contributed by atoms with Crippen molar-refractivity contribution in [2.24, 2.45) is 0 Å². The first-order valence-corrected chi connectivity index (χ1v) is 8.46. The van der Waals surface area contributed by atoms with Gasteiger partial charge in [0, 0.05) is 23.3 Å². The second kappa shape index (κ2) is 6.94. The molecule has 126 valence electrons. The average molecular weight is 360 g/mol. The lowest BCUT2D eigenvalue weighted by Crippen LogP contribution is -2.13. The van der Waals surface area contributed by atoms with Gasteiger partial charge in [0.15, 0.2) is 0 Å². The summed E-state index contributed by atoms with van der Waals surface area (Å²) in [4.78, 5) is 21.7. The summed E-state index contributed by atoms with van der Waals surface area (Å²) in [5.74, 6) is -0.230. The van der Waals surface area contributed by atoms with Crippen molar-refractivity contribution in [3.05, 3.63) is 89.7 Å². The highest BCUT2D eigenvalue weighted by Crippen LogP contribution is 2.26. The van der Waals surface area contributed by atoms with Gasteiger partial charge in [-0.15, -0.1) is 0 Å². The molecule has 2 aromatic heterocycles. The van der Waals surface area contributed by atoms with Crippen LogP contribution < -0.4 is 5.32 Å². The Hall–Kier alpha value is -3.24. The summed E-state index contributed by atoms with van der Waals surface area (Å²) in [6, 6.07) is 20.3. The number of pyridine rings is 2. The molecule has 5 heteroatoms. The Kier molecular flexibility index (Phi) is 4.33. The van der Waals surface area contributed by atoms with Crippen LogP contribution in [-0.4, -0.2) is 15.9 Å². The Balaban J connectivity index is 1.83. The van der Waals surface area contributed by atoms with Crippen LogP contribution in [0.3, 0.4) is 0 Å². The van der Waals surface area contributed by atoms with Gasteiger partial charge in [0.2, 0.25) is 0 Å². The fraction of sp³-hybridized carbons (Fsp3) is 0. The van der Waals surface area contributed by atoms with Gasteiger partial charge >= 0.3 is 0 Å². The molecule has 0 atom stereocenters. The van der Waals surface area contributed by atoms with Gasteiger partial charge < -0.3 is 5.32 Å². The van der Waals surface area contributed by atoms with E-state index < -0.39 is 0 Å². The van der Waals surface area contributed by atoms with Crippen molar-refractivity contribution < 1.29 is 4.79 Å².